The largest absolute Gasteiger partial charge is 0.358 e. The van der Waals surface area contributed by atoms with Crippen molar-refractivity contribution in [2.24, 2.45) is 5.73 Å². The van der Waals surface area contributed by atoms with E-state index in [9.17, 15) is 9.59 Å². The quantitative estimate of drug-likeness (QED) is 0.609. The molecule has 1 heterocycles. The molecular weight excluding hydrogens is 208 g/mol. The molecule has 0 fully saturated rings. The van der Waals surface area contributed by atoms with Crippen LogP contribution in [0.4, 0.5) is 0 Å². The van der Waals surface area contributed by atoms with E-state index in [1.165, 1.54) is 13.2 Å². The minimum absolute atomic E-state index is 0.0460. The molecule has 2 amide bonds. The molecule has 0 spiro atoms. The Hall–Kier alpha value is -1.95. The average molecular weight is 222 g/mol. The number of rotatable bonds is 4. The Morgan fingerprint density at radius 1 is 1.50 bits per heavy atom. The summed E-state index contributed by atoms with van der Waals surface area (Å²) in [4.78, 5) is 26.5. The normalized spacial score (nSPS) is 9.62. The standard InChI is InChI=1S/C10H14N4O2/c1-12-9(15)6-14-10(16)7-2-3-13-8(4-7)5-11/h2-4H,5-6,11H2,1H3,(H,12,15)(H,14,16). The second kappa shape index (κ2) is 5.82. The van der Waals surface area contributed by atoms with Crippen LogP contribution >= 0.6 is 0 Å². The fourth-order valence-corrected chi connectivity index (χ4v) is 1.08. The Labute approximate surface area is 93.2 Å². The van der Waals surface area contributed by atoms with E-state index in [1.807, 2.05) is 0 Å². The number of amides is 2. The molecule has 6 nitrogen and oxygen atoms in total. The fraction of sp³-hybridized carbons (Fsp3) is 0.300. The summed E-state index contributed by atoms with van der Waals surface area (Å²) in [5.41, 5.74) is 6.48. The third-order valence-corrected chi connectivity index (χ3v) is 1.98. The van der Waals surface area contributed by atoms with Gasteiger partial charge in [0, 0.05) is 25.4 Å². The van der Waals surface area contributed by atoms with Gasteiger partial charge in [-0.2, -0.15) is 0 Å². The minimum atomic E-state index is -0.319. The Morgan fingerprint density at radius 3 is 2.88 bits per heavy atom. The average Bonchev–Trinajstić information content (AvgIpc) is 2.35. The molecule has 1 aromatic heterocycles. The molecular formula is C10H14N4O2. The molecule has 0 aromatic carbocycles. The van der Waals surface area contributed by atoms with E-state index in [1.54, 1.807) is 12.1 Å². The molecule has 0 aliphatic heterocycles. The number of nitrogens with two attached hydrogens (primary N) is 1. The molecule has 16 heavy (non-hydrogen) atoms. The number of pyridine rings is 1. The summed E-state index contributed by atoms with van der Waals surface area (Å²) in [6.45, 7) is 0.228. The summed E-state index contributed by atoms with van der Waals surface area (Å²) in [7, 11) is 1.51. The van der Waals surface area contributed by atoms with Gasteiger partial charge >= 0.3 is 0 Å². The van der Waals surface area contributed by atoms with Gasteiger partial charge in [-0.3, -0.25) is 14.6 Å². The van der Waals surface area contributed by atoms with E-state index < -0.39 is 0 Å². The van der Waals surface area contributed by atoms with Crippen LogP contribution in [-0.4, -0.2) is 30.4 Å². The lowest BCUT2D eigenvalue weighted by Crippen LogP contribution is -2.35. The monoisotopic (exact) mass is 222 g/mol. The van der Waals surface area contributed by atoms with Crippen LogP contribution in [-0.2, 0) is 11.3 Å². The van der Waals surface area contributed by atoms with E-state index >= 15 is 0 Å². The van der Waals surface area contributed by atoms with Gasteiger partial charge in [-0.1, -0.05) is 0 Å². The maximum atomic E-state index is 11.6. The van der Waals surface area contributed by atoms with Crippen LogP contribution in [0.2, 0.25) is 0 Å². The van der Waals surface area contributed by atoms with Crippen LogP contribution in [0.15, 0.2) is 18.3 Å². The van der Waals surface area contributed by atoms with E-state index in [0.29, 0.717) is 11.3 Å². The topological polar surface area (TPSA) is 97.1 Å². The van der Waals surface area contributed by atoms with Crippen molar-refractivity contribution in [1.29, 1.82) is 0 Å². The Bertz CT molecular complexity index is 392. The number of nitrogens with one attached hydrogen (secondary N) is 2. The molecule has 0 saturated heterocycles. The summed E-state index contributed by atoms with van der Waals surface area (Å²) < 4.78 is 0. The number of carbonyl (C=O) groups is 2. The van der Waals surface area contributed by atoms with Crippen molar-refractivity contribution in [3.8, 4) is 0 Å². The zero-order chi connectivity index (χ0) is 12.0. The molecule has 0 radical (unpaired) electrons. The maximum absolute atomic E-state index is 11.6. The van der Waals surface area contributed by atoms with Crippen LogP contribution in [0.3, 0.4) is 0 Å². The van der Waals surface area contributed by atoms with Crippen molar-refractivity contribution in [3.05, 3.63) is 29.6 Å². The van der Waals surface area contributed by atoms with Crippen LogP contribution < -0.4 is 16.4 Å². The third-order valence-electron chi connectivity index (χ3n) is 1.98. The molecule has 1 aromatic rings. The van der Waals surface area contributed by atoms with Crippen LogP contribution in [0.5, 0.6) is 0 Å². The molecule has 0 saturated carbocycles. The van der Waals surface area contributed by atoms with Crippen molar-refractivity contribution in [2.75, 3.05) is 13.6 Å². The van der Waals surface area contributed by atoms with Gasteiger partial charge in [0.25, 0.3) is 5.91 Å². The maximum Gasteiger partial charge on any atom is 0.251 e. The molecule has 0 bridgehead atoms. The lowest BCUT2D eigenvalue weighted by atomic mass is 10.2. The second-order valence-corrected chi connectivity index (χ2v) is 3.10. The molecule has 4 N–H and O–H groups in total. The number of aromatic nitrogens is 1. The van der Waals surface area contributed by atoms with Gasteiger partial charge in [0.1, 0.15) is 0 Å². The first-order chi connectivity index (χ1) is 7.67. The summed E-state index contributed by atoms with van der Waals surface area (Å²) in [5.74, 6) is -0.567. The number of hydrogen-bond donors (Lipinski definition) is 3. The van der Waals surface area contributed by atoms with Gasteiger partial charge in [0.2, 0.25) is 5.91 Å². The molecule has 0 unspecified atom stereocenters. The highest BCUT2D eigenvalue weighted by atomic mass is 16.2. The molecule has 0 atom stereocenters. The van der Waals surface area contributed by atoms with E-state index in [2.05, 4.69) is 15.6 Å². The van der Waals surface area contributed by atoms with Gasteiger partial charge in [0.05, 0.1) is 12.2 Å². The first-order valence-corrected chi connectivity index (χ1v) is 4.81. The first kappa shape index (κ1) is 12.1. The van der Waals surface area contributed by atoms with Crippen molar-refractivity contribution < 1.29 is 9.59 Å². The van der Waals surface area contributed by atoms with E-state index in [-0.39, 0.29) is 24.9 Å². The van der Waals surface area contributed by atoms with E-state index in [4.69, 9.17) is 5.73 Å². The summed E-state index contributed by atoms with van der Waals surface area (Å²) in [5, 5.41) is 4.89. The summed E-state index contributed by atoms with van der Waals surface area (Å²) >= 11 is 0. The lowest BCUT2D eigenvalue weighted by Gasteiger charge is -2.04. The number of likely N-dealkylation sites (N-methyl/N-ethyl adjacent to an activating group) is 1. The first-order valence-electron chi connectivity index (χ1n) is 4.81. The van der Waals surface area contributed by atoms with Crippen molar-refractivity contribution in [1.82, 2.24) is 15.6 Å². The Kier molecular flexibility index (Phi) is 4.41. The van der Waals surface area contributed by atoms with Crippen molar-refractivity contribution in [3.63, 3.8) is 0 Å². The second-order valence-electron chi connectivity index (χ2n) is 3.10. The summed E-state index contributed by atoms with van der Waals surface area (Å²) in [6, 6.07) is 3.16. The van der Waals surface area contributed by atoms with Gasteiger partial charge in [0.15, 0.2) is 0 Å². The van der Waals surface area contributed by atoms with E-state index in [0.717, 1.165) is 0 Å². The SMILES string of the molecule is CNC(=O)CNC(=O)c1ccnc(CN)c1. The predicted octanol–water partition coefficient (Wildman–Crippen LogP) is -0.984. The van der Waals surface area contributed by atoms with Gasteiger partial charge in [-0.25, -0.2) is 0 Å². The Balaban J connectivity index is 2.62. The predicted molar refractivity (Wildman–Crippen MR) is 58.5 cm³/mol. The molecule has 1 rings (SSSR count). The molecule has 86 valence electrons. The molecule has 6 heteroatoms. The Morgan fingerprint density at radius 2 is 2.25 bits per heavy atom. The fourth-order valence-electron chi connectivity index (χ4n) is 1.08. The number of hydrogen-bond acceptors (Lipinski definition) is 4. The highest BCUT2D eigenvalue weighted by Gasteiger charge is 2.07. The van der Waals surface area contributed by atoms with Crippen LogP contribution in [0.25, 0.3) is 0 Å². The third kappa shape index (κ3) is 3.32. The van der Waals surface area contributed by atoms with Gasteiger partial charge in [-0.15, -0.1) is 0 Å². The zero-order valence-electron chi connectivity index (χ0n) is 8.99. The highest BCUT2D eigenvalue weighted by molar-refractivity contribution is 5.96. The van der Waals surface area contributed by atoms with Gasteiger partial charge < -0.3 is 16.4 Å². The number of carbonyl (C=O) groups excluding carboxylic acids is 2. The van der Waals surface area contributed by atoms with Crippen molar-refractivity contribution in [2.45, 2.75) is 6.54 Å². The minimum Gasteiger partial charge on any atom is -0.358 e. The highest BCUT2D eigenvalue weighted by Crippen LogP contribution is 2.00. The van der Waals surface area contributed by atoms with Crippen molar-refractivity contribution >= 4 is 11.8 Å². The number of nitrogens with zero attached hydrogens (tertiary/aromatic N) is 1. The summed E-state index contributed by atoms with van der Waals surface area (Å²) in [6.07, 6.45) is 1.51. The zero-order valence-corrected chi connectivity index (χ0v) is 8.99. The van der Waals surface area contributed by atoms with Crippen LogP contribution in [0, 0.1) is 0 Å². The molecule has 0 aliphatic carbocycles. The van der Waals surface area contributed by atoms with Gasteiger partial charge in [-0.05, 0) is 12.1 Å². The lowest BCUT2D eigenvalue weighted by molar-refractivity contribution is -0.119. The molecule has 0 aliphatic rings. The van der Waals surface area contributed by atoms with Crippen LogP contribution in [0.1, 0.15) is 16.1 Å². The smallest absolute Gasteiger partial charge is 0.251 e.